The van der Waals surface area contributed by atoms with Crippen LogP contribution in [-0.2, 0) is 4.79 Å². The van der Waals surface area contributed by atoms with Crippen LogP contribution in [0.25, 0.3) is 0 Å². The molecular weight excluding hydrogens is 205 g/mol. The van der Waals surface area contributed by atoms with Gasteiger partial charge in [-0.1, -0.05) is 12.1 Å². The van der Waals surface area contributed by atoms with E-state index in [9.17, 15) is 9.18 Å². The number of hydrogen-bond acceptors (Lipinski definition) is 1. The number of hydrogen-bond donors (Lipinski definition) is 1. The molecule has 86 valence electrons. The normalized spacial score (nSPS) is 23.2. The first-order valence-electron chi connectivity index (χ1n) is 5.64. The largest absolute Gasteiger partial charge is 0.354 e. The lowest BCUT2D eigenvalue weighted by Crippen LogP contribution is -2.31. The Labute approximate surface area is 94.9 Å². The van der Waals surface area contributed by atoms with Crippen molar-refractivity contribution in [3.05, 3.63) is 35.6 Å². The standard InChI is InChI=1S/C13H16FNO/c1-8(2)15-13(16)12-7-11(12)9-3-5-10(14)6-4-9/h3-6,8,11-12H,7H2,1-2H3,(H,15,16). The molecule has 2 unspecified atom stereocenters. The first-order chi connectivity index (χ1) is 7.58. The Morgan fingerprint density at radius 1 is 1.38 bits per heavy atom. The number of amides is 1. The van der Waals surface area contributed by atoms with Crippen molar-refractivity contribution in [3.8, 4) is 0 Å². The third kappa shape index (κ3) is 2.40. The maximum absolute atomic E-state index is 12.7. The second-order valence-corrected chi connectivity index (χ2v) is 4.66. The van der Waals surface area contributed by atoms with E-state index in [1.54, 1.807) is 12.1 Å². The van der Waals surface area contributed by atoms with Crippen molar-refractivity contribution >= 4 is 5.91 Å². The summed E-state index contributed by atoms with van der Waals surface area (Å²) in [4.78, 5) is 11.7. The second-order valence-electron chi connectivity index (χ2n) is 4.66. The van der Waals surface area contributed by atoms with E-state index in [2.05, 4.69) is 5.32 Å². The summed E-state index contributed by atoms with van der Waals surface area (Å²) in [6.45, 7) is 3.90. The molecule has 0 aromatic heterocycles. The van der Waals surface area contributed by atoms with E-state index in [0.717, 1.165) is 12.0 Å². The fourth-order valence-corrected chi connectivity index (χ4v) is 1.95. The number of benzene rings is 1. The third-order valence-corrected chi connectivity index (χ3v) is 2.86. The average Bonchev–Trinajstić information content (AvgIpc) is 2.97. The molecule has 1 amide bonds. The highest BCUT2D eigenvalue weighted by Crippen LogP contribution is 2.47. The van der Waals surface area contributed by atoms with Gasteiger partial charge in [0, 0.05) is 12.0 Å². The van der Waals surface area contributed by atoms with Crippen LogP contribution in [0.3, 0.4) is 0 Å². The van der Waals surface area contributed by atoms with E-state index in [0.29, 0.717) is 0 Å². The van der Waals surface area contributed by atoms with E-state index in [1.165, 1.54) is 12.1 Å². The zero-order valence-electron chi connectivity index (χ0n) is 9.53. The molecule has 1 fully saturated rings. The molecule has 3 heteroatoms. The van der Waals surface area contributed by atoms with E-state index < -0.39 is 0 Å². The van der Waals surface area contributed by atoms with E-state index in [4.69, 9.17) is 0 Å². The summed E-state index contributed by atoms with van der Waals surface area (Å²) in [6, 6.07) is 6.61. The molecule has 2 nitrogen and oxygen atoms in total. The van der Waals surface area contributed by atoms with Gasteiger partial charge in [-0.2, -0.15) is 0 Å². The summed E-state index contributed by atoms with van der Waals surface area (Å²) in [5.74, 6) is 0.240. The summed E-state index contributed by atoms with van der Waals surface area (Å²) in [5, 5.41) is 2.90. The van der Waals surface area contributed by atoms with Gasteiger partial charge in [-0.05, 0) is 43.9 Å². The Kier molecular flexibility index (Phi) is 2.95. The van der Waals surface area contributed by atoms with Crippen LogP contribution in [-0.4, -0.2) is 11.9 Å². The zero-order valence-corrected chi connectivity index (χ0v) is 9.53. The van der Waals surface area contributed by atoms with Crippen LogP contribution in [0, 0.1) is 11.7 Å². The molecule has 0 aliphatic heterocycles. The summed E-state index contributed by atoms with van der Waals surface area (Å²) < 4.78 is 12.7. The molecule has 0 saturated heterocycles. The van der Waals surface area contributed by atoms with Gasteiger partial charge in [0.2, 0.25) is 5.91 Å². The van der Waals surface area contributed by atoms with Crippen LogP contribution in [0.2, 0.25) is 0 Å². The highest BCUT2D eigenvalue weighted by Gasteiger charge is 2.43. The Morgan fingerprint density at radius 2 is 2.00 bits per heavy atom. The van der Waals surface area contributed by atoms with Gasteiger partial charge in [0.05, 0.1) is 0 Å². The predicted octanol–water partition coefficient (Wildman–Crippen LogP) is 2.45. The van der Waals surface area contributed by atoms with Crippen LogP contribution >= 0.6 is 0 Å². The molecule has 1 N–H and O–H groups in total. The Hall–Kier alpha value is -1.38. The van der Waals surface area contributed by atoms with E-state index >= 15 is 0 Å². The highest BCUT2D eigenvalue weighted by molar-refractivity contribution is 5.83. The van der Waals surface area contributed by atoms with Crippen molar-refractivity contribution in [3.63, 3.8) is 0 Å². The molecule has 1 aliphatic rings. The molecule has 0 radical (unpaired) electrons. The molecule has 0 heterocycles. The summed E-state index contributed by atoms with van der Waals surface area (Å²) in [5.41, 5.74) is 1.06. The highest BCUT2D eigenvalue weighted by atomic mass is 19.1. The lowest BCUT2D eigenvalue weighted by atomic mass is 10.1. The lowest BCUT2D eigenvalue weighted by Gasteiger charge is -2.07. The van der Waals surface area contributed by atoms with E-state index in [-0.39, 0.29) is 29.6 Å². The quantitative estimate of drug-likeness (QED) is 0.834. The predicted molar refractivity (Wildman–Crippen MR) is 60.5 cm³/mol. The number of carbonyl (C=O) groups is 1. The number of rotatable bonds is 3. The van der Waals surface area contributed by atoms with Crippen molar-refractivity contribution in [2.75, 3.05) is 0 Å². The molecule has 1 aliphatic carbocycles. The Balaban J connectivity index is 1.96. The molecule has 1 saturated carbocycles. The fraction of sp³-hybridized carbons (Fsp3) is 0.462. The number of carbonyl (C=O) groups excluding carboxylic acids is 1. The molecular formula is C13H16FNO. The minimum absolute atomic E-state index is 0.0767. The smallest absolute Gasteiger partial charge is 0.223 e. The molecule has 1 aromatic rings. The Bertz CT molecular complexity index is 385. The maximum Gasteiger partial charge on any atom is 0.223 e. The molecule has 2 rings (SSSR count). The molecule has 0 bridgehead atoms. The molecule has 1 aromatic carbocycles. The van der Waals surface area contributed by atoms with Gasteiger partial charge >= 0.3 is 0 Å². The van der Waals surface area contributed by atoms with Crippen LogP contribution in [0.1, 0.15) is 31.7 Å². The van der Waals surface area contributed by atoms with Gasteiger partial charge in [-0.25, -0.2) is 4.39 Å². The van der Waals surface area contributed by atoms with Crippen LogP contribution in [0.15, 0.2) is 24.3 Å². The second kappa shape index (κ2) is 4.24. The lowest BCUT2D eigenvalue weighted by molar-refractivity contribution is -0.122. The monoisotopic (exact) mass is 221 g/mol. The molecule has 2 atom stereocenters. The average molecular weight is 221 g/mol. The van der Waals surface area contributed by atoms with Gasteiger partial charge in [-0.3, -0.25) is 4.79 Å². The minimum Gasteiger partial charge on any atom is -0.354 e. The van der Waals surface area contributed by atoms with Crippen molar-refractivity contribution in [1.29, 1.82) is 0 Å². The van der Waals surface area contributed by atoms with Gasteiger partial charge in [-0.15, -0.1) is 0 Å². The van der Waals surface area contributed by atoms with E-state index in [1.807, 2.05) is 13.8 Å². The summed E-state index contributed by atoms with van der Waals surface area (Å²) >= 11 is 0. The van der Waals surface area contributed by atoms with Gasteiger partial charge in [0.1, 0.15) is 5.82 Å². The zero-order chi connectivity index (χ0) is 11.7. The van der Waals surface area contributed by atoms with Gasteiger partial charge in [0.25, 0.3) is 0 Å². The maximum atomic E-state index is 12.7. The minimum atomic E-state index is -0.229. The third-order valence-electron chi connectivity index (χ3n) is 2.86. The number of nitrogens with one attached hydrogen (secondary N) is 1. The number of halogens is 1. The Morgan fingerprint density at radius 3 is 2.56 bits per heavy atom. The van der Waals surface area contributed by atoms with Crippen LogP contribution in [0.5, 0.6) is 0 Å². The summed E-state index contributed by atoms with van der Waals surface area (Å²) in [6.07, 6.45) is 0.879. The SMILES string of the molecule is CC(C)NC(=O)C1CC1c1ccc(F)cc1. The topological polar surface area (TPSA) is 29.1 Å². The van der Waals surface area contributed by atoms with Crippen molar-refractivity contribution < 1.29 is 9.18 Å². The first kappa shape index (κ1) is 11.1. The summed E-state index contributed by atoms with van der Waals surface area (Å²) in [7, 11) is 0. The van der Waals surface area contributed by atoms with Crippen LogP contribution in [0.4, 0.5) is 4.39 Å². The fourth-order valence-electron chi connectivity index (χ4n) is 1.95. The van der Waals surface area contributed by atoms with Gasteiger partial charge < -0.3 is 5.32 Å². The van der Waals surface area contributed by atoms with Crippen molar-refractivity contribution in [1.82, 2.24) is 5.32 Å². The van der Waals surface area contributed by atoms with Crippen LogP contribution < -0.4 is 5.32 Å². The first-order valence-corrected chi connectivity index (χ1v) is 5.64. The molecule has 16 heavy (non-hydrogen) atoms. The van der Waals surface area contributed by atoms with Gasteiger partial charge in [0.15, 0.2) is 0 Å². The molecule has 0 spiro atoms. The van der Waals surface area contributed by atoms with Crippen molar-refractivity contribution in [2.24, 2.45) is 5.92 Å². The van der Waals surface area contributed by atoms with Crippen molar-refractivity contribution in [2.45, 2.75) is 32.2 Å².